The van der Waals surface area contributed by atoms with Crippen molar-refractivity contribution in [2.24, 2.45) is 0 Å². The number of hydrogen-bond donors (Lipinski definition) is 2. The fourth-order valence-corrected chi connectivity index (χ4v) is 4.01. The first kappa shape index (κ1) is 22.2. The van der Waals surface area contributed by atoms with Gasteiger partial charge in [0.2, 0.25) is 5.91 Å². The summed E-state index contributed by atoms with van der Waals surface area (Å²) in [6.07, 6.45) is 0.777. The second kappa shape index (κ2) is 9.65. The molecular formula is C26H24FN3O3. The maximum Gasteiger partial charge on any atom is 0.325 e. The lowest BCUT2D eigenvalue weighted by molar-refractivity contribution is -0.135. The third-order valence-corrected chi connectivity index (χ3v) is 5.71. The lowest BCUT2D eigenvalue weighted by Crippen LogP contribution is -2.47. The van der Waals surface area contributed by atoms with E-state index in [4.69, 9.17) is 0 Å². The van der Waals surface area contributed by atoms with Gasteiger partial charge in [-0.15, -0.1) is 0 Å². The molecule has 1 unspecified atom stereocenters. The van der Waals surface area contributed by atoms with Crippen LogP contribution in [0, 0.1) is 5.82 Å². The number of nitrogens with one attached hydrogen (secondary N) is 2. The number of rotatable bonds is 8. The van der Waals surface area contributed by atoms with E-state index in [9.17, 15) is 18.8 Å². The maximum atomic E-state index is 13.5. The number of nitrogens with zero attached hydrogens (tertiary/aromatic N) is 1. The van der Waals surface area contributed by atoms with Gasteiger partial charge >= 0.3 is 6.03 Å². The van der Waals surface area contributed by atoms with Gasteiger partial charge in [0.25, 0.3) is 5.91 Å². The fourth-order valence-electron chi connectivity index (χ4n) is 4.01. The van der Waals surface area contributed by atoms with Gasteiger partial charge in [-0.3, -0.25) is 14.5 Å². The van der Waals surface area contributed by atoms with Crippen molar-refractivity contribution < 1.29 is 18.8 Å². The Morgan fingerprint density at radius 2 is 1.52 bits per heavy atom. The molecule has 168 valence electrons. The number of halogens is 1. The summed E-state index contributed by atoms with van der Waals surface area (Å²) >= 11 is 0. The maximum absolute atomic E-state index is 13.5. The highest BCUT2D eigenvalue weighted by molar-refractivity contribution is 6.09. The van der Waals surface area contributed by atoms with E-state index in [2.05, 4.69) is 10.6 Å². The van der Waals surface area contributed by atoms with Crippen molar-refractivity contribution in [3.63, 3.8) is 0 Å². The SMILES string of the molecule is O=C(CN1C(=O)NC(Cc2ccccc2)(c2ccccc2)C1=O)NCCc1ccc(F)cc1. The summed E-state index contributed by atoms with van der Waals surface area (Å²) in [5.41, 5.74) is 1.14. The van der Waals surface area contributed by atoms with Crippen LogP contribution >= 0.6 is 0 Å². The number of hydrogen-bond acceptors (Lipinski definition) is 3. The first-order valence-electron chi connectivity index (χ1n) is 10.7. The second-order valence-electron chi connectivity index (χ2n) is 7.98. The van der Waals surface area contributed by atoms with Gasteiger partial charge in [0.15, 0.2) is 5.54 Å². The molecule has 6 nitrogen and oxygen atoms in total. The van der Waals surface area contributed by atoms with Gasteiger partial charge < -0.3 is 10.6 Å². The lowest BCUT2D eigenvalue weighted by Gasteiger charge is -2.27. The summed E-state index contributed by atoms with van der Waals surface area (Å²) in [7, 11) is 0. The zero-order valence-electron chi connectivity index (χ0n) is 18.0. The average molecular weight is 445 g/mol. The van der Waals surface area contributed by atoms with Crippen LogP contribution in [-0.4, -0.2) is 35.8 Å². The van der Waals surface area contributed by atoms with Crippen LogP contribution in [0.25, 0.3) is 0 Å². The van der Waals surface area contributed by atoms with Crippen molar-refractivity contribution in [1.29, 1.82) is 0 Å². The first-order chi connectivity index (χ1) is 16.0. The van der Waals surface area contributed by atoms with Crippen LogP contribution in [0.1, 0.15) is 16.7 Å². The minimum atomic E-state index is -1.28. The predicted molar refractivity (Wildman–Crippen MR) is 122 cm³/mol. The first-order valence-corrected chi connectivity index (χ1v) is 10.7. The van der Waals surface area contributed by atoms with E-state index in [0.29, 0.717) is 18.5 Å². The molecular weight excluding hydrogens is 421 g/mol. The average Bonchev–Trinajstić information content (AvgIpc) is 3.06. The third kappa shape index (κ3) is 4.92. The predicted octanol–water partition coefficient (Wildman–Crippen LogP) is 3.17. The summed E-state index contributed by atoms with van der Waals surface area (Å²) in [5.74, 6) is -1.22. The zero-order chi connectivity index (χ0) is 23.3. The van der Waals surface area contributed by atoms with Crippen molar-refractivity contribution in [1.82, 2.24) is 15.5 Å². The van der Waals surface area contributed by atoms with Crippen LogP contribution < -0.4 is 10.6 Å². The zero-order valence-corrected chi connectivity index (χ0v) is 18.0. The quantitative estimate of drug-likeness (QED) is 0.523. The smallest absolute Gasteiger partial charge is 0.325 e. The van der Waals surface area contributed by atoms with Crippen LogP contribution in [0.2, 0.25) is 0 Å². The highest BCUT2D eigenvalue weighted by Crippen LogP contribution is 2.32. The second-order valence-corrected chi connectivity index (χ2v) is 7.98. The molecule has 1 atom stereocenters. The minimum Gasteiger partial charge on any atom is -0.354 e. The summed E-state index contributed by atoms with van der Waals surface area (Å²) in [5, 5.41) is 5.57. The van der Waals surface area contributed by atoms with E-state index in [0.717, 1.165) is 16.0 Å². The molecule has 0 aromatic heterocycles. The molecule has 0 saturated carbocycles. The molecule has 3 aromatic carbocycles. The van der Waals surface area contributed by atoms with Crippen molar-refractivity contribution in [2.75, 3.05) is 13.1 Å². The minimum absolute atomic E-state index is 0.269. The largest absolute Gasteiger partial charge is 0.354 e. The van der Waals surface area contributed by atoms with E-state index in [1.165, 1.54) is 12.1 Å². The number of amides is 4. The summed E-state index contributed by atoms with van der Waals surface area (Å²) in [6.45, 7) is -0.0700. The number of imide groups is 1. The van der Waals surface area contributed by atoms with Crippen molar-refractivity contribution in [3.05, 3.63) is 107 Å². The molecule has 4 rings (SSSR count). The van der Waals surface area contributed by atoms with E-state index in [1.54, 1.807) is 24.3 Å². The molecule has 1 fully saturated rings. The fraction of sp³-hybridized carbons (Fsp3) is 0.192. The van der Waals surface area contributed by atoms with Crippen LogP contribution in [0.3, 0.4) is 0 Å². The third-order valence-electron chi connectivity index (χ3n) is 5.71. The molecule has 0 spiro atoms. The molecule has 0 bridgehead atoms. The molecule has 1 aliphatic rings. The Kier molecular flexibility index (Phi) is 6.49. The Balaban J connectivity index is 1.47. The number of carbonyl (C=O) groups is 3. The van der Waals surface area contributed by atoms with Crippen molar-refractivity contribution >= 4 is 17.8 Å². The van der Waals surface area contributed by atoms with Crippen molar-refractivity contribution in [2.45, 2.75) is 18.4 Å². The molecule has 2 N–H and O–H groups in total. The van der Waals surface area contributed by atoms with Crippen LogP contribution in [-0.2, 0) is 28.0 Å². The van der Waals surface area contributed by atoms with Gasteiger partial charge in [0.05, 0.1) is 0 Å². The Bertz CT molecular complexity index is 1140. The van der Waals surface area contributed by atoms with Crippen LogP contribution in [0.4, 0.5) is 9.18 Å². The van der Waals surface area contributed by atoms with Gasteiger partial charge in [-0.05, 0) is 35.2 Å². The molecule has 0 aliphatic carbocycles. The van der Waals surface area contributed by atoms with Crippen LogP contribution in [0.15, 0.2) is 84.9 Å². The van der Waals surface area contributed by atoms with Gasteiger partial charge in [-0.1, -0.05) is 72.8 Å². The lowest BCUT2D eigenvalue weighted by atomic mass is 9.83. The molecule has 33 heavy (non-hydrogen) atoms. The van der Waals surface area contributed by atoms with E-state index < -0.39 is 23.4 Å². The highest BCUT2D eigenvalue weighted by Gasteiger charge is 2.52. The molecule has 7 heteroatoms. The van der Waals surface area contributed by atoms with Gasteiger partial charge in [-0.2, -0.15) is 0 Å². The van der Waals surface area contributed by atoms with Crippen molar-refractivity contribution in [3.8, 4) is 0 Å². The van der Waals surface area contributed by atoms with Gasteiger partial charge in [0, 0.05) is 13.0 Å². The van der Waals surface area contributed by atoms with E-state index in [1.807, 2.05) is 48.5 Å². The number of urea groups is 1. The molecule has 1 heterocycles. The summed E-state index contributed by atoms with van der Waals surface area (Å²) in [6, 6.07) is 23.9. The molecule has 3 aromatic rings. The Morgan fingerprint density at radius 1 is 0.879 bits per heavy atom. The topological polar surface area (TPSA) is 78.5 Å². The molecule has 1 saturated heterocycles. The summed E-state index contributed by atoms with van der Waals surface area (Å²) < 4.78 is 13.0. The number of benzene rings is 3. The van der Waals surface area contributed by atoms with Crippen LogP contribution in [0.5, 0.6) is 0 Å². The van der Waals surface area contributed by atoms with E-state index in [-0.39, 0.29) is 18.8 Å². The van der Waals surface area contributed by atoms with E-state index >= 15 is 0 Å². The molecule has 0 radical (unpaired) electrons. The molecule has 4 amide bonds. The standard InChI is InChI=1S/C26H24FN3O3/c27-22-13-11-19(12-14-22)15-16-28-23(31)18-30-24(32)26(29-25(30)33,21-9-5-2-6-10-21)17-20-7-3-1-4-8-20/h1-14H,15-18H2,(H,28,31)(H,29,33). The van der Waals surface area contributed by atoms with Gasteiger partial charge in [-0.25, -0.2) is 9.18 Å². The summed E-state index contributed by atoms with van der Waals surface area (Å²) in [4.78, 5) is 39.8. The number of carbonyl (C=O) groups excluding carboxylic acids is 3. The highest BCUT2D eigenvalue weighted by atomic mass is 19.1. The monoisotopic (exact) mass is 445 g/mol. The molecule has 1 aliphatic heterocycles. The Hall–Kier alpha value is -4.00. The Morgan fingerprint density at radius 3 is 2.18 bits per heavy atom. The van der Waals surface area contributed by atoms with Gasteiger partial charge in [0.1, 0.15) is 12.4 Å². The normalized spacial score (nSPS) is 17.7. The Labute approximate surface area is 191 Å².